The highest BCUT2D eigenvalue weighted by molar-refractivity contribution is 5.69. The molecule has 0 rings (SSSR count). The quantitative estimate of drug-likeness (QED) is 0.452. The molecule has 0 aromatic heterocycles. The smallest absolute Gasteiger partial charge is 0.410 e. The summed E-state index contributed by atoms with van der Waals surface area (Å²) in [6.45, 7) is 16.7. The first kappa shape index (κ1) is 24.2. The Bertz CT molecular complexity index is 343. The van der Waals surface area contributed by atoms with Gasteiger partial charge in [0, 0.05) is 18.6 Å². The zero-order valence-electron chi connectivity index (χ0n) is 18.0. The highest BCUT2D eigenvalue weighted by Crippen LogP contribution is 2.18. The third-order valence-corrected chi connectivity index (χ3v) is 4.14. The Labute approximate surface area is 157 Å². The Morgan fingerprint density at radius 3 is 1.84 bits per heavy atom. The number of unbranched alkanes of at least 4 members (excludes halogenated alkanes) is 7. The molecule has 0 aliphatic heterocycles. The molecule has 1 N–H and O–H groups in total. The fraction of sp³-hybridized carbons (Fsp3) is 0.952. The number of ether oxygens (including phenoxy) is 1. The van der Waals surface area contributed by atoms with Crippen LogP contribution in [0.4, 0.5) is 4.79 Å². The van der Waals surface area contributed by atoms with Crippen molar-refractivity contribution in [2.24, 2.45) is 0 Å². The molecule has 0 radical (unpaired) electrons. The lowest BCUT2D eigenvalue weighted by atomic mass is 10.1. The molecule has 150 valence electrons. The minimum atomic E-state index is -0.453. The van der Waals surface area contributed by atoms with Gasteiger partial charge >= 0.3 is 6.09 Å². The second kappa shape index (κ2) is 12.6. The zero-order valence-corrected chi connectivity index (χ0v) is 18.0. The lowest BCUT2D eigenvalue weighted by Gasteiger charge is -2.36. The minimum absolute atomic E-state index is 0.228. The van der Waals surface area contributed by atoms with E-state index in [4.69, 9.17) is 4.74 Å². The molecule has 0 aromatic rings. The van der Waals surface area contributed by atoms with Gasteiger partial charge in [-0.05, 0) is 54.5 Å². The summed E-state index contributed by atoms with van der Waals surface area (Å²) < 4.78 is 5.54. The average molecular weight is 357 g/mol. The van der Waals surface area contributed by atoms with Gasteiger partial charge < -0.3 is 15.0 Å². The predicted octanol–water partition coefficient (Wildman–Crippen LogP) is 5.75. The van der Waals surface area contributed by atoms with Crippen LogP contribution in [0.5, 0.6) is 0 Å². The molecular weight excluding hydrogens is 312 g/mol. The third kappa shape index (κ3) is 14.1. The van der Waals surface area contributed by atoms with Gasteiger partial charge in [-0.25, -0.2) is 4.79 Å². The first-order valence-electron chi connectivity index (χ1n) is 10.3. The fourth-order valence-electron chi connectivity index (χ4n) is 2.72. The van der Waals surface area contributed by atoms with E-state index in [1.54, 1.807) is 0 Å². The Hall–Kier alpha value is -0.770. The number of nitrogens with zero attached hydrogens (tertiary/aromatic N) is 1. The SMILES string of the molecule is CCCCCCCCCCNCCN(C(=O)OC(C)(C)C)C(C)(C)C. The van der Waals surface area contributed by atoms with Crippen LogP contribution in [-0.4, -0.2) is 41.8 Å². The third-order valence-electron chi connectivity index (χ3n) is 4.14. The lowest BCUT2D eigenvalue weighted by molar-refractivity contribution is 0.00665. The summed E-state index contributed by atoms with van der Waals surface area (Å²) >= 11 is 0. The van der Waals surface area contributed by atoms with E-state index in [-0.39, 0.29) is 11.6 Å². The van der Waals surface area contributed by atoms with Crippen LogP contribution in [0.15, 0.2) is 0 Å². The number of hydrogen-bond donors (Lipinski definition) is 1. The maximum absolute atomic E-state index is 12.4. The highest BCUT2D eigenvalue weighted by Gasteiger charge is 2.30. The molecule has 0 fully saturated rings. The van der Waals surface area contributed by atoms with E-state index in [1.807, 2.05) is 25.7 Å². The van der Waals surface area contributed by atoms with Crippen molar-refractivity contribution >= 4 is 6.09 Å². The van der Waals surface area contributed by atoms with Gasteiger partial charge in [0.05, 0.1) is 0 Å². The van der Waals surface area contributed by atoms with E-state index in [9.17, 15) is 4.79 Å². The van der Waals surface area contributed by atoms with Crippen LogP contribution in [0.3, 0.4) is 0 Å². The summed E-state index contributed by atoms with van der Waals surface area (Å²) in [6.07, 6.45) is 10.5. The first-order chi connectivity index (χ1) is 11.6. The van der Waals surface area contributed by atoms with E-state index in [0.717, 1.165) is 13.1 Å². The topological polar surface area (TPSA) is 41.6 Å². The van der Waals surface area contributed by atoms with Crippen molar-refractivity contribution in [1.29, 1.82) is 0 Å². The van der Waals surface area contributed by atoms with Crippen molar-refractivity contribution in [1.82, 2.24) is 10.2 Å². The van der Waals surface area contributed by atoms with E-state index in [2.05, 4.69) is 33.0 Å². The van der Waals surface area contributed by atoms with Gasteiger partial charge in [-0.3, -0.25) is 0 Å². The van der Waals surface area contributed by atoms with Crippen LogP contribution in [0.2, 0.25) is 0 Å². The van der Waals surface area contributed by atoms with Gasteiger partial charge in [0.15, 0.2) is 0 Å². The van der Waals surface area contributed by atoms with E-state index >= 15 is 0 Å². The molecule has 0 unspecified atom stereocenters. The Morgan fingerprint density at radius 2 is 1.36 bits per heavy atom. The van der Waals surface area contributed by atoms with Gasteiger partial charge in [-0.2, -0.15) is 0 Å². The minimum Gasteiger partial charge on any atom is -0.444 e. The number of hydrogen-bond acceptors (Lipinski definition) is 3. The molecule has 4 nitrogen and oxygen atoms in total. The molecule has 1 amide bonds. The Balaban J connectivity index is 3.88. The van der Waals surface area contributed by atoms with E-state index < -0.39 is 5.60 Å². The van der Waals surface area contributed by atoms with Crippen LogP contribution >= 0.6 is 0 Å². The monoisotopic (exact) mass is 356 g/mol. The number of nitrogens with one attached hydrogen (secondary N) is 1. The lowest BCUT2D eigenvalue weighted by Crippen LogP contribution is -2.50. The fourth-order valence-corrected chi connectivity index (χ4v) is 2.72. The standard InChI is InChI=1S/C21H44N2O2/c1-8-9-10-11-12-13-14-15-16-22-17-18-23(20(2,3)4)19(24)25-21(5,6)7/h22H,8-18H2,1-7H3. The molecule has 0 spiro atoms. The number of amides is 1. The van der Waals surface area contributed by atoms with Crippen molar-refractivity contribution in [2.75, 3.05) is 19.6 Å². The Kier molecular flexibility index (Phi) is 12.2. The number of rotatable bonds is 12. The van der Waals surface area contributed by atoms with Crippen LogP contribution in [0.25, 0.3) is 0 Å². The summed E-state index contributed by atoms with van der Waals surface area (Å²) in [5, 5.41) is 3.47. The van der Waals surface area contributed by atoms with Crippen LogP contribution in [0.1, 0.15) is 99.8 Å². The molecule has 0 atom stereocenters. The first-order valence-corrected chi connectivity index (χ1v) is 10.3. The van der Waals surface area contributed by atoms with Crippen LogP contribution in [0, 0.1) is 0 Å². The second-order valence-electron chi connectivity index (χ2n) is 9.03. The molecule has 0 bridgehead atoms. The second-order valence-corrected chi connectivity index (χ2v) is 9.03. The predicted molar refractivity (Wildman–Crippen MR) is 108 cm³/mol. The van der Waals surface area contributed by atoms with E-state index in [0.29, 0.717) is 6.54 Å². The molecule has 0 aliphatic rings. The van der Waals surface area contributed by atoms with Crippen molar-refractivity contribution in [2.45, 2.75) is 111 Å². The van der Waals surface area contributed by atoms with Gasteiger partial charge in [-0.1, -0.05) is 51.9 Å². The molecule has 0 saturated heterocycles. The van der Waals surface area contributed by atoms with Gasteiger partial charge in [0.25, 0.3) is 0 Å². The van der Waals surface area contributed by atoms with Crippen molar-refractivity contribution in [3.63, 3.8) is 0 Å². The van der Waals surface area contributed by atoms with Gasteiger partial charge in [0.2, 0.25) is 0 Å². The Morgan fingerprint density at radius 1 is 0.840 bits per heavy atom. The number of carbonyl (C=O) groups is 1. The number of carbonyl (C=O) groups excluding carboxylic acids is 1. The maximum Gasteiger partial charge on any atom is 0.410 e. The highest BCUT2D eigenvalue weighted by atomic mass is 16.6. The van der Waals surface area contributed by atoms with Crippen LogP contribution < -0.4 is 5.32 Å². The maximum atomic E-state index is 12.4. The molecule has 0 aromatic carbocycles. The summed E-state index contributed by atoms with van der Waals surface area (Å²) in [4.78, 5) is 14.2. The molecule has 0 aliphatic carbocycles. The largest absolute Gasteiger partial charge is 0.444 e. The average Bonchev–Trinajstić information content (AvgIpc) is 2.45. The van der Waals surface area contributed by atoms with Crippen LogP contribution in [-0.2, 0) is 4.74 Å². The molecule has 0 heterocycles. The van der Waals surface area contributed by atoms with Gasteiger partial charge in [-0.15, -0.1) is 0 Å². The molecule has 25 heavy (non-hydrogen) atoms. The molecular formula is C21H44N2O2. The molecule has 0 saturated carbocycles. The van der Waals surface area contributed by atoms with Gasteiger partial charge in [0.1, 0.15) is 5.60 Å². The molecule has 4 heteroatoms. The normalized spacial score (nSPS) is 12.3. The summed E-state index contributed by atoms with van der Waals surface area (Å²) in [7, 11) is 0. The zero-order chi connectivity index (χ0) is 19.3. The van der Waals surface area contributed by atoms with Crippen molar-refractivity contribution in [3.05, 3.63) is 0 Å². The van der Waals surface area contributed by atoms with Crippen molar-refractivity contribution < 1.29 is 9.53 Å². The van der Waals surface area contributed by atoms with Crippen molar-refractivity contribution in [3.8, 4) is 0 Å². The summed E-state index contributed by atoms with van der Waals surface area (Å²) in [5.74, 6) is 0. The van der Waals surface area contributed by atoms with E-state index in [1.165, 1.54) is 51.4 Å². The summed E-state index contributed by atoms with van der Waals surface area (Å²) in [5.41, 5.74) is -0.687. The summed E-state index contributed by atoms with van der Waals surface area (Å²) in [6, 6.07) is 0.